The Balaban J connectivity index is 1.80. The van der Waals surface area contributed by atoms with E-state index in [-0.39, 0.29) is 11.2 Å². The maximum Gasteiger partial charge on any atom is 0.268 e. The van der Waals surface area contributed by atoms with Gasteiger partial charge in [0.25, 0.3) is 5.56 Å². The average molecular weight is 469 g/mol. The van der Waals surface area contributed by atoms with Crippen molar-refractivity contribution in [2.45, 2.75) is 70.7 Å². The van der Waals surface area contributed by atoms with Crippen molar-refractivity contribution in [1.29, 1.82) is 0 Å². The van der Waals surface area contributed by atoms with Gasteiger partial charge in [-0.15, -0.1) is 21.5 Å². The number of benzene rings is 1. The summed E-state index contributed by atoms with van der Waals surface area (Å²) in [7, 11) is 0. The molecule has 0 radical (unpaired) electrons. The van der Waals surface area contributed by atoms with E-state index in [2.05, 4.69) is 35.4 Å². The van der Waals surface area contributed by atoms with Crippen LogP contribution in [0.15, 0.2) is 34.2 Å². The van der Waals surface area contributed by atoms with Crippen LogP contribution in [0.1, 0.15) is 56.0 Å². The van der Waals surface area contributed by atoms with Crippen LogP contribution < -0.4 is 5.56 Å². The molecule has 1 aliphatic rings. The fraction of sp³-hybridized carbons (Fsp3) is 0.458. The molecule has 8 heteroatoms. The highest BCUT2D eigenvalue weighted by Crippen LogP contribution is 2.39. The topological polar surface area (TPSA) is 61.4 Å². The van der Waals surface area contributed by atoms with E-state index >= 15 is 0 Å². The highest BCUT2D eigenvalue weighted by molar-refractivity contribution is 7.99. The van der Waals surface area contributed by atoms with Crippen LogP contribution >= 0.6 is 23.1 Å². The number of aromatic nitrogens is 4. The van der Waals surface area contributed by atoms with E-state index in [1.165, 1.54) is 12.8 Å². The molecule has 32 heavy (non-hydrogen) atoms. The Bertz CT molecular complexity index is 1370. The Morgan fingerprint density at radius 2 is 2.09 bits per heavy atom. The smallest absolute Gasteiger partial charge is 0.268 e. The van der Waals surface area contributed by atoms with Gasteiger partial charge in [0.1, 0.15) is 4.83 Å². The Morgan fingerprint density at radius 1 is 1.25 bits per heavy atom. The predicted molar refractivity (Wildman–Crippen MR) is 132 cm³/mol. The molecule has 6 nitrogen and oxygen atoms in total. The van der Waals surface area contributed by atoms with Gasteiger partial charge in [-0.25, -0.2) is 8.97 Å². The van der Waals surface area contributed by atoms with E-state index in [0.717, 1.165) is 55.7 Å². The summed E-state index contributed by atoms with van der Waals surface area (Å²) < 4.78 is 9.88. The van der Waals surface area contributed by atoms with Gasteiger partial charge in [-0.1, -0.05) is 43.7 Å². The maximum absolute atomic E-state index is 13.9. The number of aryl methyl sites for hydroxylation is 1. The quantitative estimate of drug-likeness (QED) is 0.275. The first-order valence-electron chi connectivity index (χ1n) is 11.2. The SMILES string of the molecule is CCCCCSc1nnc2n(-c3cccc(C)c3)c(=O)c3c4c(sc3n12)COC(C)(C)C4. The van der Waals surface area contributed by atoms with Crippen molar-refractivity contribution < 1.29 is 4.74 Å². The molecule has 3 aromatic heterocycles. The molecule has 5 rings (SSSR count). The van der Waals surface area contributed by atoms with Crippen LogP contribution in [-0.2, 0) is 17.8 Å². The maximum atomic E-state index is 13.9. The zero-order chi connectivity index (χ0) is 22.5. The van der Waals surface area contributed by atoms with Gasteiger partial charge in [0.05, 0.1) is 23.3 Å². The summed E-state index contributed by atoms with van der Waals surface area (Å²) in [6, 6.07) is 8.01. The number of rotatable bonds is 6. The first-order valence-corrected chi connectivity index (χ1v) is 13.0. The van der Waals surface area contributed by atoms with E-state index < -0.39 is 0 Å². The van der Waals surface area contributed by atoms with Gasteiger partial charge >= 0.3 is 0 Å². The van der Waals surface area contributed by atoms with Crippen molar-refractivity contribution in [3.05, 3.63) is 50.6 Å². The third-order valence-corrected chi connectivity index (χ3v) is 8.15. The molecular formula is C24H28N4O2S2. The number of thiophene rings is 1. The normalized spacial score (nSPS) is 15.5. The standard InChI is InChI=1S/C24H28N4O2S2/c1-5-6-7-11-31-23-26-25-22-27(16-10-8-9-15(2)12-16)20(29)19-17-13-24(3,4)30-14-18(17)32-21(19)28(22)23/h8-10,12H,5-7,11,13-14H2,1-4H3. The van der Waals surface area contributed by atoms with E-state index in [0.29, 0.717) is 12.4 Å². The zero-order valence-electron chi connectivity index (χ0n) is 19.0. The molecule has 0 saturated heterocycles. The second-order valence-electron chi connectivity index (χ2n) is 9.06. The number of thioether (sulfide) groups is 1. The molecule has 0 saturated carbocycles. The highest BCUT2D eigenvalue weighted by atomic mass is 32.2. The number of hydrogen-bond donors (Lipinski definition) is 0. The molecule has 1 aromatic carbocycles. The fourth-order valence-electron chi connectivity index (χ4n) is 4.31. The molecular weight excluding hydrogens is 440 g/mol. The molecule has 4 aromatic rings. The minimum absolute atomic E-state index is 0.0248. The van der Waals surface area contributed by atoms with Crippen LogP contribution in [0.25, 0.3) is 21.7 Å². The summed E-state index contributed by atoms with van der Waals surface area (Å²) in [6.45, 7) is 8.96. The molecule has 4 heterocycles. The van der Waals surface area contributed by atoms with Gasteiger partial charge in [-0.05, 0) is 50.5 Å². The van der Waals surface area contributed by atoms with Crippen LogP contribution in [-0.4, -0.2) is 30.5 Å². The van der Waals surface area contributed by atoms with Crippen molar-refractivity contribution in [2.75, 3.05) is 5.75 Å². The number of fused-ring (bicyclic) bond motifs is 5. The molecule has 0 N–H and O–H groups in total. The van der Waals surface area contributed by atoms with Crippen molar-refractivity contribution in [1.82, 2.24) is 19.2 Å². The third kappa shape index (κ3) is 3.68. The van der Waals surface area contributed by atoms with Gasteiger partial charge in [-0.3, -0.25) is 4.79 Å². The predicted octanol–water partition coefficient (Wildman–Crippen LogP) is 5.54. The molecule has 0 bridgehead atoms. The van der Waals surface area contributed by atoms with Crippen LogP contribution in [0.4, 0.5) is 0 Å². The lowest BCUT2D eigenvalue weighted by molar-refractivity contribution is -0.0379. The number of nitrogens with zero attached hydrogens (tertiary/aromatic N) is 4. The first-order chi connectivity index (χ1) is 15.4. The lowest BCUT2D eigenvalue weighted by Crippen LogP contribution is -2.32. The summed E-state index contributed by atoms with van der Waals surface area (Å²) >= 11 is 3.36. The van der Waals surface area contributed by atoms with E-state index in [1.54, 1.807) is 27.7 Å². The minimum atomic E-state index is -0.290. The summed E-state index contributed by atoms with van der Waals surface area (Å²) in [5, 5.41) is 10.7. The van der Waals surface area contributed by atoms with Crippen molar-refractivity contribution in [3.8, 4) is 5.69 Å². The Labute approximate surface area is 195 Å². The van der Waals surface area contributed by atoms with E-state index in [1.807, 2.05) is 31.2 Å². The van der Waals surface area contributed by atoms with Gasteiger partial charge in [0, 0.05) is 17.1 Å². The van der Waals surface area contributed by atoms with Crippen molar-refractivity contribution in [3.63, 3.8) is 0 Å². The average Bonchev–Trinajstić information content (AvgIpc) is 3.32. The zero-order valence-corrected chi connectivity index (χ0v) is 20.6. The molecule has 0 unspecified atom stereocenters. The van der Waals surface area contributed by atoms with Crippen LogP contribution in [0, 0.1) is 6.92 Å². The van der Waals surface area contributed by atoms with Gasteiger partial charge in [-0.2, -0.15) is 0 Å². The molecule has 168 valence electrons. The number of hydrogen-bond acceptors (Lipinski definition) is 6. The monoisotopic (exact) mass is 468 g/mol. The second kappa shape index (κ2) is 8.32. The lowest BCUT2D eigenvalue weighted by Gasteiger charge is -2.29. The molecule has 0 atom stereocenters. The van der Waals surface area contributed by atoms with Gasteiger partial charge in [0.2, 0.25) is 5.78 Å². The molecule has 0 spiro atoms. The Morgan fingerprint density at radius 3 is 2.88 bits per heavy atom. The lowest BCUT2D eigenvalue weighted by atomic mass is 9.94. The van der Waals surface area contributed by atoms with Crippen molar-refractivity contribution in [2.24, 2.45) is 0 Å². The van der Waals surface area contributed by atoms with Crippen LogP contribution in [0.2, 0.25) is 0 Å². The summed E-state index contributed by atoms with van der Waals surface area (Å²) in [5.41, 5.74) is 2.72. The van der Waals surface area contributed by atoms with E-state index in [4.69, 9.17) is 4.74 Å². The van der Waals surface area contributed by atoms with E-state index in [9.17, 15) is 4.79 Å². The molecule has 0 amide bonds. The minimum Gasteiger partial charge on any atom is -0.370 e. The molecule has 0 fully saturated rings. The Kier molecular flexibility index (Phi) is 5.63. The highest BCUT2D eigenvalue weighted by Gasteiger charge is 2.32. The van der Waals surface area contributed by atoms with Gasteiger partial charge in [0.15, 0.2) is 5.16 Å². The van der Waals surface area contributed by atoms with Gasteiger partial charge < -0.3 is 4.74 Å². The summed E-state index contributed by atoms with van der Waals surface area (Å²) in [4.78, 5) is 16.0. The van der Waals surface area contributed by atoms with Crippen LogP contribution in [0.3, 0.4) is 0 Å². The van der Waals surface area contributed by atoms with Crippen LogP contribution in [0.5, 0.6) is 0 Å². The molecule has 0 aliphatic carbocycles. The summed E-state index contributed by atoms with van der Waals surface area (Å²) in [6.07, 6.45) is 4.25. The second-order valence-corrected chi connectivity index (χ2v) is 11.2. The third-order valence-electron chi connectivity index (χ3n) is 5.94. The Hall–Kier alpha value is -2.16. The number of ether oxygens (including phenoxy) is 1. The first kappa shape index (κ1) is 21.7. The molecule has 1 aliphatic heterocycles. The summed E-state index contributed by atoms with van der Waals surface area (Å²) in [5.74, 6) is 1.56. The fourth-order valence-corrected chi connectivity index (χ4v) is 6.52. The number of unbranched alkanes of at least 4 members (excludes halogenated alkanes) is 2. The largest absolute Gasteiger partial charge is 0.370 e. The van der Waals surface area contributed by atoms with Crippen molar-refractivity contribution >= 4 is 39.1 Å².